The largest absolute Gasteiger partial charge is 0.351 e. The SMILES string of the molecule is Cc1ccc(C)c2c1N(C)C(=O)C2(C)CC(F)(F)S(=O)(=O)c1ccccc1. The molecule has 0 fully saturated rings. The molecule has 0 aliphatic carbocycles. The van der Waals surface area contributed by atoms with Crippen molar-refractivity contribution < 1.29 is 22.0 Å². The van der Waals surface area contributed by atoms with Crippen molar-refractivity contribution in [2.24, 2.45) is 0 Å². The lowest BCUT2D eigenvalue weighted by atomic mass is 9.78. The Morgan fingerprint density at radius 2 is 1.59 bits per heavy atom. The van der Waals surface area contributed by atoms with E-state index >= 15 is 8.78 Å². The summed E-state index contributed by atoms with van der Waals surface area (Å²) < 4.78 is 55.2. The number of amides is 1. The summed E-state index contributed by atoms with van der Waals surface area (Å²) in [7, 11) is -3.40. The van der Waals surface area contributed by atoms with Crippen molar-refractivity contribution in [2.75, 3.05) is 11.9 Å². The molecule has 0 aromatic heterocycles. The van der Waals surface area contributed by atoms with Crippen molar-refractivity contribution in [3.63, 3.8) is 0 Å². The number of likely N-dealkylation sites (N-methyl/N-ethyl adjacent to an activating group) is 1. The predicted molar refractivity (Wildman–Crippen MR) is 99.9 cm³/mol. The Morgan fingerprint density at radius 1 is 1.04 bits per heavy atom. The number of fused-ring (bicyclic) bond motifs is 1. The number of carbonyl (C=O) groups excluding carboxylic acids is 1. The third-order valence-electron chi connectivity index (χ3n) is 5.26. The molecule has 144 valence electrons. The molecule has 0 saturated carbocycles. The molecule has 1 heterocycles. The van der Waals surface area contributed by atoms with Crippen LogP contribution >= 0.6 is 0 Å². The topological polar surface area (TPSA) is 54.5 Å². The number of aryl methyl sites for hydroxylation is 2. The molecule has 1 aliphatic rings. The maximum absolute atomic E-state index is 15.1. The van der Waals surface area contributed by atoms with Crippen LogP contribution in [0.2, 0.25) is 0 Å². The first-order valence-corrected chi connectivity index (χ1v) is 9.98. The molecule has 2 aromatic rings. The van der Waals surface area contributed by atoms with Crippen molar-refractivity contribution in [1.82, 2.24) is 0 Å². The Bertz CT molecular complexity index is 1020. The number of hydrogen-bond acceptors (Lipinski definition) is 3. The van der Waals surface area contributed by atoms with Gasteiger partial charge in [-0.05, 0) is 49.6 Å². The van der Waals surface area contributed by atoms with Gasteiger partial charge in [0.05, 0.1) is 16.0 Å². The lowest BCUT2D eigenvalue weighted by molar-refractivity contribution is -0.124. The summed E-state index contributed by atoms with van der Waals surface area (Å²) in [5.74, 6) is -0.530. The van der Waals surface area contributed by atoms with Gasteiger partial charge in [-0.25, -0.2) is 8.42 Å². The molecule has 3 rings (SSSR count). The lowest BCUT2D eigenvalue weighted by Crippen LogP contribution is -2.43. The van der Waals surface area contributed by atoms with Crippen LogP contribution in [0.15, 0.2) is 47.4 Å². The van der Waals surface area contributed by atoms with Crippen LogP contribution in [0.25, 0.3) is 0 Å². The number of benzene rings is 2. The fraction of sp³-hybridized carbons (Fsp3) is 0.350. The molecule has 0 bridgehead atoms. The van der Waals surface area contributed by atoms with E-state index in [0.29, 0.717) is 16.8 Å². The van der Waals surface area contributed by atoms with E-state index in [2.05, 4.69) is 0 Å². The number of anilines is 1. The third-order valence-corrected chi connectivity index (χ3v) is 7.08. The van der Waals surface area contributed by atoms with E-state index in [1.54, 1.807) is 26.0 Å². The molecule has 1 atom stereocenters. The second-order valence-electron chi connectivity index (χ2n) is 7.25. The zero-order valence-electron chi connectivity index (χ0n) is 15.6. The van der Waals surface area contributed by atoms with E-state index in [4.69, 9.17) is 0 Å². The Balaban J connectivity index is 2.13. The molecule has 1 aliphatic heterocycles. The van der Waals surface area contributed by atoms with Crippen LogP contribution in [-0.2, 0) is 20.0 Å². The first-order chi connectivity index (χ1) is 12.4. The predicted octanol–water partition coefficient (Wildman–Crippen LogP) is 3.99. The number of carbonyl (C=O) groups is 1. The van der Waals surface area contributed by atoms with Gasteiger partial charge in [0.2, 0.25) is 15.7 Å². The Morgan fingerprint density at radius 3 is 2.19 bits per heavy atom. The zero-order valence-corrected chi connectivity index (χ0v) is 16.4. The highest BCUT2D eigenvalue weighted by Gasteiger charge is 2.57. The molecule has 4 nitrogen and oxygen atoms in total. The molecule has 7 heteroatoms. The van der Waals surface area contributed by atoms with Gasteiger partial charge in [-0.3, -0.25) is 4.79 Å². The maximum Gasteiger partial charge on any atom is 0.351 e. The normalized spacial score (nSPS) is 20.1. The summed E-state index contributed by atoms with van der Waals surface area (Å²) in [6.45, 7) is 4.94. The second kappa shape index (κ2) is 6.12. The zero-order chi connectivity index (χ0) is 20.2. The van der Waals surface area contributed by atoms with Gasteiger partial charge in [-0.2, -0.15) is 8.78 Å². The van der Waals surface area contributed by atoms with E-state index in [9.17, 15) is 13.2 Å². The monoisotopic (exact) mass is 393 g/mol. The van der Waals surface area contributed by atoms with Crippen LogP contribution < -0.4 is 4.90 Å². The van der Waals surface area contributed by atoms with Crippen LogP contribution in [-0.4, -0.2) is 26.6 Å². The van der Waals surface area contributed by atoms with Gasteiger partial charge in [0.15, 0.2) is 0 Å². The molecule has 0 radical (unpaired) electrons. The van der Waals surface area contributed by atoms with E-state index in [0.717, 1.165) is 17.7 Å². The molecule has 0 spiro atoms. The number of halogens is 2. The van der Waals surface area contributed by atoms with Gasteiger partial charge < -0.3 is 4.90 Å². The maximum atomic E-state index is 15.1. The smallest absolute Gasteiger partial charge is 0.314 e. The van der Waals surface area contributed by atoms with Crippen LogP contribution in [0.4, 0.5) is 14.5 Å². The average molecular weight is 393 g/mol. The molecular weight excluding hydrogens is 372 g/mol. The summed E-state index contributed by atoms with van der Waals surface area (Å²) in [6, 6.07) is 10.2. The van der Waals surface area contributed by atoms with E-state index in [-0.39, 0.29) is 0 Å². The van der Waals surface area contributed by atoms with Crippen LogP contribution in [0.3, 0.4) is 0 Å². The highest BCUT2D eigenvalue weighted by atomic mass is 32.2. The van der Waals surface area contributed by atoms with Gasteiger partial charge in [-0.15, -0.1) is 0 Å². The van der Waals surface area contributed by atoms with Gasteiger partial charge in [-0.1, -0.05) is 30.3 Å². The minimum atomic E-state index is -4.93. The highest BCUT2D eigenvalue weighted by molar-refractivity contribution is 7.92. The summed E-state index contributed by atoms with van der Waals surface area (Å²) in [6.07, 6.45) is -1.11. The van der Waals surface area contributed by atoms with E-state index in [1.807, 2.05) is 6.07 Å². The summed E-state index contributed by atoms with van der Waals surface area (Å²) in [5, 5.41) is -4.10. The molecule has 27 heavy (non-hydrogen) atoms. The number of hydrogen-bond donors (Lipinski definition) is 0. The van der Waals surface area contributed by atoms with Crippen LogP contribution in [0.5, 0.6) is 0 Å². The van der Waals surface area contributed by atoms with E-state index < -0.39 is 37.7 Å². The standard InChI is InChI=1S/C20H21F2NO3S/c1-13-10-11-14(2)17-16(13)19(3,18(24)23(17)4)12-20(21,22)27(25,26)15-8-6-5-7-9-15/h5-11H,12H2,1-4H3. The van der Waals surface area contributed by atoms with Crippen molar-refractivity contribution in [3.8, 4) is 0 Å². The Labute approximate surface area is 157 Å². The summed E-state index contributed by atoms with van der Waals surface area (Å²) >= 11 is 0. The minimum absolute atomic E-state index is 0.460. The summed E-state index contributed by atoms with van der Waals surface area (Å²) in [4.78, 5) is 13.8. The second-order valence-corrected chi connectivity index (χ2v) is 9.33. The minimum Gasteiger partial charge on any atom is -0.314 e. The Hall–Kier alpha value is -2.28. The fourth-order valence-electron chi connectivity index (χ4n) is 3.95. The van der Waals surface area contributed by atoms with Gasteiger partial charge in [0, 0.05) is 13.5 Å². The first-order valence-electron chi connectivity index (χ1n) is 8.50. The summed E-state index contributed by atoms with van der Waals surface area (Å²) in [5.41, 5.74) is 0.882. The quantitative estimate of drug-likeness (QED) is 0.789. The van der Waals surface area contributed by atoms with Crippen LogP contribution in [0.1, 0.15) is 30.0 Å². The van der Waals surface area contributed by atoms with Crippen molar-refractivity contribution in [3.05, 3.63) is 59.2 Å². The van der Waals surface area contributed by atoms with Crippen molar-refractivity contribution in [1.29, 1.82) is 0 Å². The number of alkyl halides is 2. The number of sulfone groups is 1. The molecular formula is C20H21F2NO3S. The number of nitrogens with zero attached hydrogens (tertiary/aromatic N) is 1. The molecule has 2 aromatic carbocycles. The molecule has 1 unspecified atom stereocenters. The van der Waals surface area contributed by atoms with Crippen molar-refractivity contribution in [2.45, 2.75) is 42.8 Å². The molecule has 0 N–H and O–H groups in total. The third kappa shape index (κ3) is 2.76. The van der Waals surface area contributed by atoms with Gasteiger partial charge in [0.1, 0.15) is 0 Å². The molecule has 1 amide bonds. The van der Waals surface area contributed by atoms with Crippen LogP contribution in [0, 0.1) is 13.8 Å². The lowest BCUT2D eigenvalue weighted by Gasteiger charge is -2.29. The average Bonchev–Trinajstić information content (AvgIpc) is 2.80. The van der Waals surface area contributed by atoms with Gasteiger partial charge >= 0.3 is 5.25 Å². The molecule has 0 saturated heterocycles. The fourth-order valence-corrected chi connectivity index (χ4v) is 5.29. The van der Waals surface area contributed by atoms with Crippen molar-refractivity contribution >= 4 is 21.4 Å². The number of rotatable bonds is 4. The highest BCUT2D eigenvalue weighted by Crippen LogP contribution is 2.50. The van der Waals surface area contributed by atoms with Gasteiger partial charge in [0.25, 0.3) is 0 Å². The first kappa shape index (κ1) is 19.5. The Kier molecular flexibility index (Phi) is 4.42. The van der Waals surface area contributed by atoms with E-state index in [1.165, 1.54) is 31.0 Å².